The number of ether oxygens (including phenoxy) is 2. The molecule has 5 nitrogen and oxygen atoms in total. The van der Waals surface area contributed by atoms with Gasteiger partial charge in [0.1, 0.15) is 18.5 Å². The molecule has 0 spiro atoms. The highest BCUT2D eigenvalue weighted by Gasteiger charge is 2.28. The van der Waals surface area contributed by atoms with Crippen molar-refractivity contribution in [3.8, 4) is 5.75 Å². The lowest BCUT2D eigenvalue weighted by Gasteiger charge is -2.25. The molecule has 0 aromatic heterocycles. The maximum atomic E-state index is 11.9. The van der Waals surface area contributed by atoms with Crippen LogP contribution < -0.4 is 10.1 Å². The first-order valence-corrected chi connectivity index (χ1v) is 9.20. The van der Waals surface area contributed by atoms with E-state index in [1.54, 1.807) is 0 Å². The summed E-state index contributed by atoms with van der Waals surface area (Å²) < 4.78 is 10.8. The Hall–Kier alpha value is -2.79. The van der Waals surface area contributed by atoms with E-state index in [1.807, 2.05) is 42.5 Å². The molecular weight excluding hydrogens is 342 g/mol. The van der Waals surface area contributed by atoms with Crippen molar-refractivity contribution in [2.75, 3.05) is 12.4 Å². The highest BCUT2D eigenvalue weighted by Crippen LogP contribution is 2.38. The minimum absolute atomic E-state index is 0.199. The van der Waals surface area contributed by atoms with E-state index in [4.69, 9.17) is 9.47 Å². The van der Waals surface area contributed by atoms with Crippen LogP contribution in [0.2, 0.25) is 0 Å². The monoisotopic (exact) mass is 367 g/mol. The van der Waals surface area contributed by atoms with E-state index in [2.05, 4.69) is 12.2 Å². The van der Waals surface area contributed by atoms with Gasteiger partial charge in [0, 0.05) is 23.5 Å². The number of aliphatic hydroxyl groups is 1. The van der Waals surface area contributed by atoms with Crippen LogP contribution in [0, 0.1) is 0 Å². The summed E-state index contributed by atoms with van der Waals surface area (Å²) in [5, 5.41) is 13.7. The van der Waals surface area contributed by atoms with Gasteiger partial charge in [0.2, 0.25) is 0 Å². The Morgan fingerprint density at radius 3 is 2.70 bits per heavy atom. The number of unbranched alkanes of at least 4 members (excludes halogenated alkanes) is 1. The molecule has 1 atom stereocenters. The smallest absolute Gasteiger partial charge is 0.338 e. The molecule has 0 radical (unpaired) electrons. The maximum Gasteiger partial charge on any atom is 0.338 e. The summed E-state index contributed by atoms with van der Waals surface area (Å²) in [6, 6.07) is 13.8. The van der Waals surface area contributed by atoms with Gasteiger partial charge in [-0.15, -0.1) is 0 Å². The Bertz CT molecular complexity index is 830. The highest BCUT2D eigenvalue weighted by atomic mass is 16.5. The van der Waals surface area contributed by atoms with Crippen molar-refractivity contribution in [2.45, 2.75) is 38.9 Å². The van der Waals surface area contributed by atoms with Crippen molar-refractivity contribution >= 4 is 11.7 Å². The summed E-state index contributed by atoms with van der Waals surface area (Å²) in [5.74, 6) is 0.251. The SMILES string of the molecule is CCCCc1cc2c(cc1OCc1ccccc1)NC=C(C(=O)OC)C2O. The number of carbonyl (C=O) groups excluding carboxylic acids is 1. The molecule has 1 aliphatic rings. The average Bonchev–Trinajstić information content (AvgIpc) is 2.71. The van der Waals surface area contributed by atoms with Gasteiger partial charge in [0.25, 0.3) is 0 Å². The van der Waals surface area contributed by atoms with Gasteiger partial charge >= 0.3 is 5.97 Å². The number of aryl methyl sites for hydroxylation is 1. The third kappa shape index (κ3) is 4.31. The molecule has 3 rings (SSSR count). The van der Waals surface area contributed by atoms with Gasteiger partial charge in [-0.25, -0.2) is 4.79 Å². The van der Waals surface area contributed by atoms with Crippen LogP contribution in [-0.4, -0.2) is 18.2 Å². The van der Waals surface area contributed by atoms with E-state index in [1.165, 1.54) is 13.3 Å². The number of hydrogen-bond donors (Lipinski definition) is 2. The van der Waals surface area contributed by atoms with Crippen LogP contribution in [-0.2, 0) is 22.6 Å². The fraction of sp³-hybridized carbons (Fsp3) is 0.318. The minimum Gasteiger partial charge on any atom is -0.489 e. The zero-order chi connectivity index (χ0) is 19.2. The number of carbonyl (C=O) groups is 1. The summed E-state index contributed by atoms with van der Waals surface area (Å²) in [4.78, 5) is 11.9. The lowest BCUT2D eigenvalue weighted by Crippen LogP contribution is -2.19. The Balaban J connectivity index is 1.88. The van der Waals surface area contributed by atoms with Crippen molar-refractivity contribution in [1.29, 1.82) is 0 Å². The van der Waals surface area contributed by atoms with Gasteiger partial charge < -0.3 is 19.9 Å². The van der Waals surface area contributed by atoms with Crippen LogP contribution in [0.4, 0.5) is 5.69 Å². The fourth-order valence-electron chi connectivity index (χ4n) is 3.12. The van der Waals surface area contributed by atoms with E-state index < -0.39 is 12.1 Å². The molecule has 1 aliphatic heterocycles. The van der Waals surface area contributed by atoms with Crippen LogP contribution in [0.5, 0.6) is 5.75 Å². The normalized spacial score (nSPS) is 15.4. The van der Waals surface area contributed by atoms with Gasteiger partial charge in [0.15, 0.2) is 0 Å². The summed E-state index contributed by atoms with van der Waals surface area (Å²) in [6.45, 7) is 2.61. The van der Waals surface area contributed by atoms with Gasteiger partial charge in [0.05, 0.1) is 12.7 Å². The zero-order valence-electron chi connectivity index (χ0n) is 15.7. The first kappa shape index (κ1) is 19.0. The average molecular weight is 367 g/mol. The Morgan fingerprint density at radius 1 is 1.22 bits per heavy atom. The quantitative estimate of drug-likeness (QED) is 0.721. The van der Waals surface area contributed by atoms with Crippen LogP contribution >= 0.6 is 0 Å². The number of benzene rings is 2. The number of methoxy groups -OCH3 is 1. The molecule has 0 bridgehead atoms. The third-order valence-electron chi connectivity index (χ3n) is 4.66. The van der Waals surface area contributed by atoms with Crippen LogP contribution in [0.1, 0.15) is 42.6 Å². The number of anilines is 1. The van der Waals surface area contributed by atoms with Crippen molar-refractivity contribution in [1.82, 2.24) is 0 Å². The lowest BCUT2D eigenvalue weighted by atomic mass is 9.93. The molecular formula is C22H25NO4. The topological polar surface area (TPSA) is 67.8 Å². The molecule has 27 heavy (non-hydrogen) atoms. The molecule has 0 saturated carbocycles. The van der Waals surface area contributed by atoms with Crippen molar-refractivity contribution in [3.05, 3.63) is 70.9 Å². The van der Waals surface area contributed by atoms with Gasteiger partial charge in [-0.2, -0.15) is 0 Å². The number of nitrogens with one attached hydrogen (secondary N) is 1. The van der Waals surface area contributed by atoms with Crippen LogP contribution in [0.3, 0.4) is 0 Å². The van der Waals surface area contributed by atoms with E-state index in [0.29, 0.717) is 12.2 Å². The third-order valence-corrected chi connectivity index (χ3v) is 4.66. The first-order valence-electron chi connectivity index (χ1n) is 9.20. The molecule has 1 heterocycles. The van der Waals surface area contributed by atoms with Crippen LogP contribution in [0.15, 0.2) is 54.2 Å². The Labute approximate surface area is 159 Å². The molecule has 2 N–H and O–H groups in total. The van der Waals surface area contributed by atoms with Crippen molar-refractivity contribution in [2.24, 2.45) is 0 Å². The molecule has 2 aromatic carbocycles. The van der Waals surface area contributed by atoms with E-state index in [-0.39, 0.29) is 5.57 Å². The number of hydrogen-bond acceptors (Lipinski definition) is 5. The molecule has 2 aromatic rings. The molecule has 0 fully saturated rings. The summed E-state index contributed by atoms with van der Waals surface area (Å²) in [5.41, 5.74) is 3.72. The molecule has 0 saturated heterocycles. The van der Waals surface area contributed by atoms with Gasteiger partial charge in [-0.1, -0.05) is 43.7 Å². The summed E-state index contributed by atoms with van der Waals surface area (Å²) in [7, 11) is 1.30. The molecule has 142 valence electrons. The van der Waals surface area contributed by atoms with Crippen molar-refractivity contribution in [3.63, 3.8) is 0 Å². The largest absolute Gasteiger partial charge is 0.489 e. The van der Waals surface area contributed by atoms with Crippen molar-refractivity contribution < 1.29 is 19.4 Å². The lowest BCUT2D eigenvalue weighted by molar-refractivity contribution is -0.137. The maximum absolute atomic E-state index is 11.9. The Morgan fingerprint density at radius 2 is 2.00 bits per heavy atom. The van der Waals surface area contributed by atoms with E-state index in [9.17, 15) is 9.90 Å². The molecule has 0 amide bonds. The number of fused-ring (bicyclic) bond motifs is 1. The zero-order valence-corrected chi connectivity index (χ0v) is 15.7. The minimum atomic E-state index is -1.02. The highest BCUT2D eigenvalue weighted by molar-refractivity contribution is 5.91. The molecule has 5 heteroatoms. The number of rotatable bonds is 7. The van der Waals surface area contributed by atoms with Gasteiger partial charge in [-0.3, -0.25) is 0 Å². The second-order valence-corrected chi connectivity index (χ2v) is 6.56. The predicted octanol–water partition coefficient (Wildman–Crippen LogP) is 4.12. The van der Waals surface area contributed by atoms with Gasteiger partial charge in [-0.05, 0) is 30.0 Å². The fourth-order valence-corrected chi connectivity index (χ4v) is 3.12. The summed E-state index contributed by atoms with van der Waals surface area (Å²) in [6.07, 6.45) is 3.40. The standard InChI is InChI=1S/C22H25NO4/c1-3-4-10-16-11-17-19(23-13-18(21(17)24)22(25)26-2)12-20(16)27-14-15-8-6-5-7-9-15/h5-9,11-13,21,23-24H,3-4,10,14H2,1-2H3. The number of esters is 1. The Kier molecular flexibility index (Phi) is 6.14. The van der Waals surface area contributed by atoms with Crippen LogP contribution in [0.25, 0.3) is 0 Å². The second kappa shape index (κ2) is 8.73. The van der Waals surface area contributed by atoms with E-state index >= 15 is 0 Å². The predicted molar refractivity (Wildman–Crippen MR) is 105 cm³/mol. The number of aliphatic hydroxyl groups excluding tert-OH is 1. The van der Waals surface area contributed by atoms with E-state index in [0.717, 1.165) is 41.8 Å². The second-order valence-electron chi connectivity index (χ2n) is 6.56. The molecule has 1 unspecified atom stereocenters. The molecule has 0 aliphatic carbocycles. The first-order chi connectivity index (χ1) is 13.1. The summed E-state index contributed by atoms with van der Waals surface area (Å²) >= 11 is 0.